The number of likely N-dealkylation sites (tertiary alicyclic amines) is 1. The van der Waals surface area contributed by atoms with Crippen LogP contribution in [-0.4, -0.2) is 59.4 Å². The predicted molar refractivity (Wildman–Crippen MR) is 101 cm³/mol. The van der Waals surface area contributed by atoms with Crippen LogP contribution in [0.25, 0.3) is 0 Å². The fourth-order valence-corrected chi connectivity index (χ4v) is 3.89. The number of fused-ring (bicyclic) bond motifs is 1. The molecule has 6 heteroatoms. The first-order valence-electron chi connectivity index (χ1n) is 9.26. The quantitative estimate of drug-likeness (QED) is 0.918. The second kappa shape index (κ2) is 7.03. The molecule has 0 radical (unpaired) electrons. The first-order valence-corrected chi connectivity index (χ1v) is 9.26. The molecule has 3 heterocycles. The van der Waals surface area contributed by atoms with Gasteiger partial charge in [0.1, 0.15) is 11.6 Å². The molecule has 1 amide bonds. The van der Waals surface area contributed by atoms with Gasteiger partial charge in [-0.3, -0.25) is 4.79 Å². The molecule has 1 atom stereocenters. The summed E-state index contributed by atoms with van der Waals surface area (Å²) < 4.78 is 0. The predicted octanol–water partition coefficient (Wildman–Crippen LogP) is 2.14. The number of carbonyl (C=O) groups excluding carboxylic acids is 1. The summed E-state index contributed by atoms with van der Waals surface area (Å²) in [5.74, 6) is 2.12. The third-order valence-corrected chi connectivity index (χ3v) is 5.37. The first-order chi connectivity index (χ1) is 12.7. The van der Waals surface area contributed by atoms with E-state index in [1.807, 2.05) is 42.3 Å². The maximum Gasteiger partial charge on any atom is 0.253 e. The third-order valence-electron chi connectivity index (χ3n) is 5.37. The Labute approximate surface area is 154 Å². The highest BCUT2D eigenvalue weighted by molar-refractivity contribution is 5.94. The smallest absolute Gasteiger partial charge is 0.253 e. The van der Waals surface area contributed by atoms with Gasteiger partial charge in [-0.25, -0.2) is 9.97 Å². The lowest BCUT2D eigenvalue weighted by Gasteiger charge is -2.26. The molecule has 6 nitrogen and oxygen atoms in total. The Kier molecular flexibility index (Phi) is 4.59. The van der Waals surface area contributed by atoms with Crippen molar-refractivity contribution < 1.29 is 4.79 Å². The average Bonchev–Trinajstić information content (AvgIpc) is 3.17. The van der Waals surface area contributed by atoms with E-state index < -0.39 is 0 Å². The monoisotopic (exact) mass is 351 g/mol. The van der Waals surface area contributed by atoms with E-state index in [1.54, 1.807) is 0 Å². The third kappa shape index (κ3) is 3.17. The molecule has 1 fully saturated rings. The van der Waals surface area contributed by atoms with E-state index in [1.165, 1.54) is 5.56 Å². The molecule has 1 aromatic heterocycles. The van der Waals surface area contributed by atoms with Crippen LogP contribution < -0.4 is 5.32 Å². The maximum absolute atomic E-state index is 12.7. The summed E-state index contributed by atoms with van der Waals surface area (Å²) in [5, 5.41) is 3.24. The lowest BCUT2D eigenvalue weighted by molar-refractivity contribution is 0.0790. The zero-order valence-electron chi connectivity index (χ0n) is 15.4. The zero-order valence-corrected chi connectivity index (χ0v) is 15.4. The van der Waals surface area contributed by atoms with Gasteiger partial charge < -0.3 is 15.1 Å². The fourth-order valence-electron chi connectivity index (χ4n) is 3.89. The van der Waals surface area contributed by atoms with Gasteiger partial charge in [-0.1, -0.05) is 18.2 Å². The van der Waals surface area contributed by atoms with Crippen LogP contribution in [0.4, 0.5) is 5.82 Å². The number of hydrogen-bond donors (Lipinski definition) is 1. The number of carbonyl (C=O) groups is 1. The number of likely N-dealkylation sites (N-methyl/N-ethyl adjacent to an activating group) is 1. The molecule has 136 valence electrons. The minimum absolute atomic E-state index is 0.0969. The highest BCUT2D eigenvalue weighted by Gasteiger charge is 2.31. The molecule has 1 aromatic carbocycles. The number of benzene rings is 1. The number of hydrogen-bond acceptors (Lipinski definition) is 5. The number of nitrogens with one attached hydrogen (secondary N) is 1. The van der Waals surface area contributed by atoms with E-state index in [-0.39, 0.29) is 11.8 Å². The van der Waals surface area contributed by atoms with Gasteiger partial charge in [-0.05, 0) is 32.0 Å². The maximum atomic E-state index is 12.7. The number of nitrogens with zero attached hydrogens (tertiary/aromatic N) is 4. The van der Waals surface area contributed by atoms with Crippen LogP contribution in [0, 0.1) is 0 Å². The molecule has 1 N–H and O–H groups in total. The summed E-state index contributed by atoms with van der Waals surface area (Å²) in [6.45, 7) is 3.34. The molecular formula is C20H25N5O. The number of rotatable bonds is 3. The van der Waals surface area contributed by atoms with Crippen LogP contribution in [0.1, 0.15) is 39.8 Å². The normalized spacial score (nSPS) is 20.1. The molecule has 26 heavy (non-hydrogen) atoms. The van der Waals surface area contributed by atoms with Gasteiger partial charge in [0.2, 0.25) is 0 Å². The molecule has 0 bridgehead atoms. The van der Waals surface area contributed by atoms with Gasteiger partial charge in [0.05, 0.1) is 5.69 Å². The summed E-state index contributed by atoms with van der Waals surface area (Å²) in [6, 6.07) is 9.49. The van der Waals surface area contributed by atoms with Gasteiger partial charge in [0, 0.05) is 50.3 Å². The molecule has 0 unspecified atom stereocenters. The van der Waals surface area contributed by atoms with Crippen molar-refractivity contribution in [1.29, 1.82) is 0 Å². The van der Waals surface area contributed by atoms with Gasteiger partial charge in [0.25, 0.3) is 5.91 Å². The SMILES string of the molecule is CNc1nc([C@@H]2CCN(C(=O)c3ccccc3)C2)nc2c1CCN(C)C2. The molecule has 2 aliphatic heterocycles. The van der Waals surface area contributed by atoms with Crippen molar-refractivity contribution in [2.45, 2.75) is 25.3 Å². The minimum Gasteiger partial charge on any atom is -0.373 e. The molecule has 0 aliphatic carbocycles. The van der Waals surface area contributed by atoms with Gasteiger partial charge in [-0.2, -0.15) is 0 Å². The van der Waals surface area contributed by atoms with Crippen LogP contribution in [-0.2, 0) is 13.0 Å². The van der Waals surface area contributed by atoms with Crippen molar-refractivity contribution in [3.63, 3.8) is 0 Å². The number of aromatic nitrogens is 2. The van der Waals surface area contributed by atoms with E-state index >= 15 is 0 Å². The van der Waals surface area contributed by atoms with Crippen LogP contribution in [0.5, 0.6) is 0 Å². The molecule has 0 spiro atoms. The van der Waals surface area contributed by atoms with E-state index in [2.05, 4.69) is 17.3 Å². The highest BCUT2D eigenvalue weighted by atomic mass is 16.2. The second-order valence-electron chi connectivity index (χ2n) is 7.20. The summed E-state index contributed by atoms with van der Waals surface area (Å²) in [6.07, 6.45) is 1.89. The number of anilines is 1. The molecule has 2 aromatic rings. The Morgan fingerprint density at radius 2 is 2.00 bits per heavy atom. The van der Waals surface area contributed by atoms with Crippen molar-refractivity contribution in [2.24, 2.45) is 0 Å². The molecule has 1 saturated heterocycles. The van der Waals surface area contributed by atoms with Gasteiger partial charge >= 0.3 is 0 Å². The topological polar surface area (TPSA) is 61.4 Å². The Morgan fingerprint density at radius 3 is 2.77 bits per heavy atom. The zero-order chi connectivity index (χ0) is 18.1. The van der Waals surface area contributed by atoms with Gasteiger partial charge in [-0.15, -0.1) is 0 Å². The Bertz CT molecular complexity index is 807. The Balaban J connectivity index is 1.55. The van der Waals surface area contributed by atoms with E-state index in [0.29, 0.717) is 6.54 Å². The molecule has 0 saturated carbocycles. The van der Waals surface area contributed by atoms with E-state index in [4.69, 9.17) is 9.97 Å². The van der Waals surface area contributed by atoms with Crippen molar-refractivity contribution >= 4 is 11.7 Å². The summed E-state index contributed by atoms with van der Waals surface area (Å²) >= 11 is 0. The van der Waals surface area contributed by atoms with E-state index in [9.17, 15) is 4.79 Å². The number of amides is 1. The van der Waals surface area contributed by atoms with Crippen molar-refractivity contribution in [2.75, 3.05) is 39.0 Å². The van der Waals surface area contributed by atoms with Gasteiger partial charge in [0.15, 0.2) is 0 Å². The Hall–Kier alpha value is -2.47. The summed E-state index contributed by atoms with van der Waals surface area (Å²) in [4.78, 5) is 26.6. The van der Waals surface area contributed by atoms with Crippen LogP contribution in [0.2, 0.25) is 0 Å². The minimum atomic E-state index is 0.0969. The first kappa shape index (κ1) is 17.0. The van der Waals surface area contributed by atoms with Crippen LogP contribution >= 0.6 is 0 Å². The van der Waals surface area contributed by atoms with Crippen LogP contribution in [0.15, 0.2) is 30.3 Å². The van der Waals surface area contributed by atoms with Crippen molar-refractivity contribution in [1.82, 2.24) is 19.8 Å². The van der Waals surface area contributed by atoms with Crippen molar-refractivity contribution in [3.8, 4) is 0 Å². The second-order valence-corrected chi connectivity index (χ2v) is 7.20. The fraction of sp³-hybridized carbons (Fsp3) is 0.450. The largest absolute Gasteiger partial charge is 0.373 e. The van der Waals surface area contributed by atoms with Crippen LogP contribution in [0.3, 0.4) is 0 Å². The lowest BCUT2D eigenvalue weighted by atomic mass is 10.0. The molecule has 4 rings (SSSR count). The highest BCUT2D eigenvalue weighted by Crippen LogP contribution is 2.30. The standard InChI is InChI=1S/C20H25N5O/c1-21-19-16-9-10-24(2)13-17(16)22-18(23-19)15-8-11-25(12-15)20(26)14-6-4-3-5-7-14/h3-7,15H,8-13H2,1-2H3,(H,21,22,23)/t15-/m1/s1. The van der Waals surface area contributed by atoms with Crippen molar-refractivity contribution in [3.05, 3.63) is 53.0 Å². The summed E-state index contributed by atoms with van der Waals surface area (Å²) in [7, 11) is 4.05. The Morgan fingerprint density at radius 1 is 1.19 bits per heavy atom. The average molecular weight is 351 g/mol. The summed E-state index contributed by atoms with van der Waals surface area (Å²) in [5.41, 5.74) is 3.11. The molecular weight excluding hydrogens is 326 g/mol. The molecule has 2 aliphatic rings. The lowest BCUT2D eigenvalue weighted by Crippen LogP contribution is -2.30. The van der Waals surface area contributed by atoms with E-state index in [0.717, 1.165) is 55.4 Å².